The van der Waals surface area contributed by atoms with Crippen LogP contribution in [0, 0.1) is 57.3 Å². The third-order valence-corrected chi connectivity index (χ3v) is 5.96. The van der Waals surface area contributed by atoms with Gasteiger partial charge in [0.15, 0.2) is 5.57 Å². The summed E-state index contributed by atoms with van der Waals surface area (Å²) >= 11 is 1.18. The molecule has 144 valence electrons. The van der Waals surface area contributed by atoms with Crippen molar-refractivity contribution in [2.24, 2.45) is 0 Å². The van der Waals surface area contributed by atoms with E-state index in [-0.39, 0.29) is 11.1 Å². The van der Waals surface area contributed by atoms with Gasteiger partial charge in [0.05, 0.1) is 10.2 Å². The summed E-state index contributed by atoms with van der Waals surface area (Å²) in [4.78, 5) is 13.4. The maximum Gasteiger partial charge on any atom is 0.273 e. The lowest BCUT2D eigenvalue weighted by atomic mass is 10.00. The van der Waals surface area contributed by atoms with Gasteiger partial charge in [-0.2, -0.15) is 10.5 Å². The molecule has 0 fully saturated rings. The van der Waals surface area contributed by atoms with Gasteiger partial charge in [0.2, 0.25) is 0 Å². The van der Waals surface area contributed by atoms with Crippen LogP contribution >= 0.6 is 11.3 Å². The summed E-state index contributed by atoms with van der Waals surface area (Å²) in [6, 6.07) is 13.8. The van der Waals surface area contributed by atoms with Gasteiger partial charge in [-0.25, -0.2) is 0 Å². The zero-order valence-corrected chi connectivity index (χ0v) is 17.9. The number of thiazole rings is 1. The van der Waals surface area contributed by atoms with Crippen molar-refractivity contribution in [2.75, 3.05) is 0 Å². The van der Waals surface area contributed by atoms with Crippen molar-refractivity contribution in [3.63, 3.8) is 0 Å². The van der Waals surface area contributed by atoms with Crippen LogP contribution in [0.4, 0.5) is 0 Å². The van der Waals surface area contributed by atoms with Crippen LogP contribution < -0.4 is 14.8 Å². The van der Waals surface area contributed by atoms with Gasteiger partial charge in [0.25, 0.3) is 5.56 Å². The summed E-state index contributed by atoms with van der Waals surface area (Å²) in [5.74, 6) is 0. The second kappa shape index (κ2) is 7.91. The number of hydrogen-bond acceptors (Lipinski definition) is 4. The van der Waals surface area contributed by atoms with Gasteiger partial charge in [-0.3, -0.25) is 9.36 Å². The average molecular weight is 400 g/mol. The molecule has 5 heteroatoms. The molecule has 2 aromatic carbocycles. The van der Waals surface area contributed by atoms with Crippen LogP contribution in [0.15, 0.2) is 35.1 Å². The summed E-state index contributed by atoms with van der Waals surface area (Å²) in [6.45, 7) is 9.99. The molecule has 0 saturated carbocycles. The second-order valence-corrected chi connectivity index (χ2v) is 8.29. The molecule has 1 aromatic heterocycles. The van der Waals surface area contributed by atoms with E-state index in [9.17, 15) is 15.3 Å². The number of hydrogen-bond donors (Lipinski definition) is 0. The Morgan fingerprint density at radius 3 is 2.07 bits per heavy atom. The fraction of sp³-hybridized carbons (Fsp3) is 0.208. The molecule has 0 atom stereocenters. The van der Waals surface area contributed by atoms with Crippen molar-refractivity contribution in [1.29, 1.82) is 10.5 Å². The number of rotatable bonds is 2. The highest BCUT2D eigenvalue weighted by molar-refractivity contribution is 7.07. The molecular formula is C24H21N3OS. The molecule has 29 heavy (non-hydrogen) atoms. The molecule has 1 heterocycles. The molecule has 3 rings (SSSR count). The van der Waals surface area contributed by atoms with Crippen LogP contribution in [0.2, 0.25) is 0 Å². The van der Waals surface area contributed by atoms with Gasteiger partial charge in [0, 0.05) is 0 Å². The van der Waals surface area contributed by atoms with E-state index in [4.69, 9.17) is 0 Å². The summed E-state index contributed by atoms with van der Waals surface area (Å²) < 4.78 is 2.35. The molecule has 0 amide bonds. The normalized spacial score (nSPS) is 11.2. The first kappa shape index (κ1) is 20.3. The van der Waals surface area contributed by atoms with E-state index in [0.717, 1.165) is 27.8 Å². The Hall–Kier alpha value is -3.41. The molecule has 0 radical (unpaired) electrons. The molecule has 0 N–H and O–H groups in total. The first-order chi connectivity index (χ1) is 13.8. The molecule has 0 unspecified atom stereocenters. The number of benzene rings is 2. The Labute approximate surface area is 173 Å². The topological polar surface area (TPSA) is 69.6 Å². The van der Waals surface area contributed by atoms with Gasteiger partial charge in [-0.1, -0.05) is 35.4 Å². The Balaban J connectivity index is 2.46. The predicted molar refractivity (Wildman–Crippen MR) is 117 cm³/mol. The molecular weight excluding hydrogens is 378 g/mol. The predicted octanol–water partition coefficient (Wildman–Crippen LogP) is 3.47. The van der Waals surface area contributed by atoms with Crippen molar-refractivity contribution in [1.82, 2.24) is 4.57 Å². The lowest BCUT2D eigenvalue weighted by Gasteiger charge is -2.07. The van der Waals surface area contributed by atoms with Crippen LogP contribution in [0.25, 0.3) is 17.3 Å². The molecule has 0 spiro atoms. The fourth-order valence-electron chi connectivity index (χ4n) is 3.60. The Kier molecular flexibility index (Phi) is 5.55. The molecule has 0 saturated heterocycles. The van der Waals surface area contributed by atoms with Crippen molar-refractivity contribution < 1.29 is 0 Å². The number of nitrogens with zero attached hydrogens (tertiary/aromatic N) is 3. The number of aryl methyl sites for hydroxylation is 5. The van der Waals surface area contributed by atoms with Crippen molar-refractivity contribution in [3.8, 4) is 17.8 Å². The average Bonchev–Trinajstić information content (AvgIpc) is 2.96. The maximum absolute atomic E-state index is 13.4. The van der Waals surface area contributed by atoms with Gasteiger partial charge in [-0.15, -0.1) is 11.3 Å². The summed E-state index contributed by atoms with van der Waals surface area (Å²) in [6.07, 6.45) is 1.87. The lowest BCUT2D eigenvalue weighted by Crippen LogP contribution is -2.31. The minimum Gasteiger partial charge on any atom is -0.267 e. The maximum atomic E-state index is 13.4. The van der Waals surface area contributed by atoms with E-state index in [1.54, 1.807) is 0 Å². The highest BCUT2D eigenvalue weighted by atomic mass is 32.1. The minimum absolute atomic E-state index is 0.0657. The smallest absolute Gasteiger partial charge is 0.267 e. The first-order valence-electron chi connectivity index (χ1n) is 9.20. The van der Waals surface area contributed by atoms with Crippen LogP contribution in [0.3, 0.4) is 0 Å². The molecule has 0 aliphatic carbocycles. The molecule has 3 aromatic rings. The van der Waals surface area contributed by atoms with E-state index >= 15 is 0 Å². The fourth-order valence-corrected chi connectivity index (χ4v) is 4.63. The van der Waals surface area contributed by atoms with Gasteiger partial charge in [-0.05, 0) is 69.0 Å². The van der Waals surface area contributed by atoms with Crippen LogP contribution in [0.5, 0.6) is 0 Å². The zero-order chi connectivity index (χ0) is 21.3. The number of nitriles is 2. The van der Waals surface area contributed by atoms with Crippen LogP contribution in [-0.2, 0) is 0 Å². The van der Waals surface area contributed by atoms with Gasteiger partial charge in [0.1, 0.15) is 16.8 Å². The Morgan fingerprint density at radius 2 is 1.52 bits per heavy atom. The molecule has 0 aliphatic heterocycles. The standard InChI is InChI=1S/C24H21N3OS/c1-14-6-7-21(18(5)8-14)27-23(28)22(29-24(27)19(12-25)13-26)11-20-16(3)9-15(2)10-17(20)4/h6-11H,1-5H3/b22-11+. The molecule has 4 nitrogen and oxygen atoms in total. The van der Waals surface area contributed by atoms with Crippen molar-refractivity contribution in [2.45, 2.75) is 34.6 Å². The Bertz CT molecular complexity index is 1350. The molecule has 0 aliphatic rings. The monoisotopic (exact) mass is 399 g/mol. The van der Waals surface area contributed by atoms with Gasteiger partial charge < -0.3 is 0 Å². The summed E-state index contributed by atoms with van der Waals surface area (Å²) in [5, 5.41) is 18.9. The summed E-state index contributed by atoms with van der Waals surface area (Å²) in [5.41, 5.74) is 6.72. The van der Waals surface area contributed by atoms with E-state index in [1.807, 2.05) is 71.0 Å². The van der Waals surface area contributed by atoms with Crippen LogP contribution in [0.1, 0.15) is 33.4 Å². The quantitative estimate of drug-likeness (QED) is 0.663. The molecule has 0 bridgehead atoms. The highest BCUT2D eigenvalue weighted by Crippen LogP contribution is 2.17. The lowest BCUT2D eigenvalue weighted by molar-refractivity contribution is 0.973. The van der Waals surface area contributed by atoms with Gasteiger partial charge >= 0.3 is 0 Å². The largest absolute Gasteiger partial charge is 0.273 e. The SMILES string of the molecule is Cc1ccc(-n2c(=C(C#N)C#N)s/c(=C/c3c(C)cc(C)cc3C)c2=O)c(C)c1. The van der Waals surface area contributed by atoms with E-state index in [2.05, 4.69) is 12.1 Å². The van der Waals surface area contributed by atoms with Crippen LogP contribution in [-0.4, -0.2) is 4.57 Å². The zero-order valence-electron chi connectivity index (χ0n) is 17.1. The van der Waals surface area contributed by atoms with E-state index in [0.29, 0.717) is 14.9 Å². The Morgan fingerprint density at radius 1 is 0.931 bits per heavy atom. The number of aromatic nitrogens is 1. The van der Waals surface area contributed by atoms with Crippen molar-refractivity contribution in [3.05, 3.63) is 83.3 Å². The summed E-state index contributed by atoms with van der Waals surface area (Å²) in [7, 11) is 0. The van der Waals surface area contributed by atoms with E-state index in [1.165, 1.54) is 21.5 Å². The highest BCUT2D eigenvalue weighted by Gasteiger charge is 2.13. The second-order valence-electron chi connectivity index (χ2n) is 7.26. The first-order valence-corrected chi connectivity index (χ1v) is 10.0. The minimum atomic E-state index is -0.223. The third-order valence-electron chi connectivity index (χ3n) is 4.87. The third kappa shape index (κ3) is 3.78. The van der Waals surface area contributed by atoms with E-state index < -0.39 is 0 Å². The van der Waals surface area contributed by atoms with Crippen molar-refractivity contribution >= 4 is 23.0 Å².